The van der Waals surface area contributed by atoms with Gasteiger partial charge in [-0.05, 0) is 42.8 Å². The van der Waals surface area contributed by atoms with Crippen molar-refractivity contribution in [3.8, 4) is 17.0 Å². The van der Waals surface area contributed by atoms with Gasteiger partial charge in [0.2, 0.25) is 5.95 Å². The molecule has 2 aromatic carbocycles. The summed E-state index contributed by atoms with van der Waals surface area (Å²) in [5, 5.41) is 15.5. The van der Waals surface area contributed by atoms with Crippen LogP contribution in [0.5, 0.6) is 5.75 Å². The summed E-state index contributed by atoms with van der Waals surface area (Å²) in [6.07, 6.45) is 0. The van der Waals surface area contributed by atoms with Crippen molar-refractivity contribution in [2.24, 2.45) is 10.9 Å². The Labute approximate surface area is 173 Å². The van der Waals surface area contributed by atoms with Crippen molar-refractivity contribution >= 4 is 29.2 Å². The molecule has 9 heteroatoms. The lowest BCUT2D eigenvalue weighted by Gasteiger charge is -2.11. The van der Waals surface area contributed by atoms with Gasteiger partial charge in [-0.15, -0.1) is 0 Å². The van der Waals surface area contributed by atoms with Crippen LogP contribution in [0.25, 0.3) is 11.3 Å². The number of benzene rings is 2. The lowest BCUT2D eigenvalue weighted by molar-refractivity contribution is 0.318. The van der Waals surface area contributed by atoms with Gasteiger partial charge in [-0.1, -0.05) is 28.9 Å². The normalized spacial score (nSPS) is 11.3. The highest BCUT2D eigenvalue weighted by molar-refractivity contribution is 6.31. The van der Waals surface area contributed by atoms with Crippen LogP contribution in [0.4, 0.5) is 11.8 Å². The Morgan fingerprint density at radius 3 is 2.69 bits per heavy atom. The van der Waals surface area contributed by atoms with Gasteiger partial charge >= 0.3 is 0 Å². The summed E-state index contributed by atoms with van der Waals surface area (Å²) >= 11 is 6.21. The number of nitrogens with two attached hydrogens (primary N) is 2. The molecule has 3 aromatic rings. The van der Waals surface area contributed by atoms with Crippen molar-refractivity contribution in [3.63, 3.8) is 0 Å². The fraction of sp³-hybridized carbons (Fsp3) is 0.150. The first-order valence-electron chi connectivity index (χ1n) is 8.82. The molecule has 29 heavy (non-hydrogen) atoms. The van der Waals surface area contributed by atoms with E-state index in [0.717, 1.165) is 11.1 Å². The summed E-state index contributed by atoms with van der Waals surface area (Å²) in [6.45, 7) is 2.84. The van der Waals surface area contributed by atoms with Crippen LogP contribution >= 0.6 is 11.6 Å². The highest BCUT2D eigenvalue weighted by atomic mass is 35.5. The first-order valence-corrected chi connectivity index (χ1v) is 9.20. The molecule has 0 bridgehead atoms. The molecule has 0 saturated carbocycles. The molecule has 0 unspecified atom stereocenters. The first-order chi connectivity index (χ1) is 14.0. The van der Waals surface area contributed by atoms with E-state index in [1.165, 1.54) is 0 Å². The predicted octanol–water partition coefficient (Wildman–Crippen LogP) is 3.27. The number of aromatic nitrogens is 2. The Morgan fingerprint density at radius 2 is 1.97 bits per heavy atom. The molecular weight excluding hydrogens is 392 g/mol. The topological polar surface area (TPSA) is 132 Å². The van der Waals surface area contributed by atoms with Crippen LogP contribution in [-0.2, 0) is 0 Å². The zero-order valence-electron chi connectivity index (χ0n) is 15.8. The van der Waals surface area contributed by atoms with Crippen LogP contribution < -0.4 is 21.5 Å². The number of halogens is 1. The summed E-state index contributed by atoms with van der Waals surface area (Å²) in [6, 6.07) is 14.4. The number of nitrogen functional groups attached to an aromatic ring is 1. The van der Waals surface area contributed by atoms with Gasteiger partial charge in [-0.25, -0.2) is 4.98 Å². The third-order valence-electron chi connectivity index (χ3n) is 4.22. The van der Waals surface area contributed by atoms with E-state index in [0.29, 0.717) is 41.0 Å². The quantitative estimate of drug-likeness (QED) is 0.154. The molecule has 0 aliphatic rings. The number of nitrogens with one attached hydrogen (secondary N) is 1. The van der Waals surface area contributed by atoms with Gasteiger partial charge in [0.15, 0.2) is 5.84 Å². The van der Waals surface area contributed by atoms with E-state index < -0.39 is 0 Å². The maximum absolute atomic E-state index is 8.68. The molecule has 0 amide bonds. The number of hydrogen-bond donors (Lipinski definition) is 4. The van der Waals surface area contributed by atoms with Crippen molar-refractivity contribution in [2.45, 2.75) is 6.92 Å². The smallest absolute Gasteiger partial charge is 0.222 e. The number of hydrogen-bond acceptors (Lipinski definition) is 7. The average Bonchev–Trinajstić information content (AvgIpc) is 2.72. The average molecular weight is 413 g/mol. The van der Waals surface area contributed by atoms with Crippen molar-refractivity contribution in [3.05, 3.63) is 64.7 Å². The van der Waals surface area contributed by atoms with Crippen LogP contribution in [0.15, 0.2) is 53.7 Å². The summed E-state index contributed by atoms with van der Waals surface area (Å²) < 4.78 is 5.68. The molecule has 1 heterocycles. The maximum Gasteiger partial charge on any atom is 0.222 e. The molecule has 0 fully saturated rings. The Bertz CT molecular complexity index is 1020. The molecular formula is C20H21ClN6O2. The Morgan fingerprint density at radius 1 is 1.21 bits per heavy atom. The van der Waals surface area contributed by atoms with E-state index in [1.807, 2.05) is 31.2 Å². The first kappa shape index (κ1) is 20.2. The SMILES string of the molecule is Cc1c(Cl)cccc1-c1cc(NCCOc2ccc(/C(N)=N/O)cc2)nc(N)n1. The zero-order valence-corrected chi connectivity index (χ0v) is 16.5. The molecule has 8 nitrogen and oxygen atoms in total. The van der Waals surface area contributed by atoms with Crippen molar-refractivity contribution in [2.75, 3.05) is 24.2 Å². The fourth-order valence-electron chi connectivity index (χ4n) is 2.71. The number of oxime groups is 1. The van der Waals surface area contributed by atoms with Crippen molar-refractivity contribution in [1.29, 1.82) is 0 Å². The summed E-state index contributed by atoms with van der Waals surface area (Å²) in [4.78, 5) is 8.52. The lowest BCUT2D eigenvalue weighted by Crippen LogP contribution is -2.14. The van der Waals surface area contributed by atoms with E-state index in [1.54, 1.807) is 24.3 Å². The molecule has 0 spiro atoms. The lowest BCUT2D eigenvalue weighted by atomic mass is 10.1. The van der Waals surface area contributed by atoms with Gasteiger partial charge in [0, 0.05) is 22.2 Å². The van der Waals surface area contributed by atoms with Crippen LogP contribution in [0, 0.1) is 6.92 Å². The van der Waals surface area contributed by atoms with Gasteiger partial charge in [-0.2, -0.15) is 4.98 Å². The number of anilines is 2. The van der Waals surface area contributed by atoms with Gasteiger partial charge in [0.25, 0.3) is 0 Å². The van der Waals surface area contributed by atoms with E-state index in [-0.39, 0.29) is 11.8 Å². The summed E-state index contributed by atoms with van der Waals surface area (Å²) in [5.41, 5.74) is 14.5. The number of nitrogens with zero attached hydrogens (tertiary/aromatic N) is 3. The maximum atomic E-state index is 8.68. The monoisotopic (exact) mass is 412 g/mol. The number of amidine groups is 1. The highest BCUT2D eigenvalue weighted by Gasteiger charge is 2.09. The van der Waals surface area contributed by atoms with E-state index in [2.05, 4.69) is 20.4 Å². The zero-order chi connectivity index (χ0) is 20.8. The van der Waals surface area contributed by atoms with E-state index in [9.17, 15) is 0 Å². The van der Waals surface area contributed by atoms with Gasteiger partial charge in [-0.3, -0.25) is 0 Å². The molecule has 1 aromatic heterocycles. The summed E-state index contributed by atoms with van der Waals surface area (Å²) in [5.74, 6) is 1.48. The van der Waals surface area contributed by atoms with Crippen LogP contribution in [0.1, 0.15) is 11.1 Å². The predicted molar refractivity (Wildman–Crippen MR) is 115 cm³/mol. The number of ether oxygens (including phenoxy) is 1. The highest BCUT2D eigenvalue weighted by Crippen LogP contribution is 2.28. The van der Waals surface area contributed by atoms with E-state index >= 15 is 0 Å². The molecule has 0 aliphatic heterocycles. The minimum atomic E-state index is 0.0466. The molecule has 0 saturated heterocycles. The summed E-state index contributed by atoms with van der Waals surface area (Å²) in [7, 11) is 0. The van der Waals surface area contributed by atoms with E-state index in [4.69, 9.17) is 33.0 Å². The Hall–Kier alpha value is -3.52. The third kappa shape index (κ3) is 5.05. The molecule has 0 aliphatic carbocycles. The van der Waals surface area contributed by atoms with Crippen LogP contribution in [-0.4, -0.2) is 34.2 Å². The second-order valence-electron chi connectivity index (χ2n) is 6.19. The molecule has 6 N–H and O–H groups in total. The molecule has 3 rings (SSSR count). The molecule has 0 atom stereocenters. The van der Waals surface area contributed by atoms with Crippen LogP contribution in [0.2, 0.25) is 5.02 Å². The fourth-order valence-corrected chi connectivity index (χ4v) is 2.88. The minimum Gasteiger partial charge on any atom is -0.492 e. The second-order valence-corrected chi connectivity index (χ2v) is 6.60. The molecule has 150 valence electrons. The second kappa shape index (κ2) is 9.11. The third-order valence-corrected chi connectivity index (χ3v) is 4.63. The van der Waals surface area contributed by atoms with Gasteiger partial charge in [0.05, 0.1) is 12.2 Å². The van der Waals surface area contributed by atoms with Gasteiger partial charge in [0.1, 0.15) is 18.2 Å². The van der Waals surface area contributed by atoms with Crippen molar-refractivity contribution in [1.82, 2.24) is 9.97 Å². The number of rotatable bonds is 7. The van der Waals surface area contributed by atoms with Gasteiger partial charge < -0.3 is 26.7 Å². The van der Waals surface area contributed by atoms with Crippen LogP contribution in [0.3, 0.4) is 0 Å². The standard InChI is InChI=1S/C20H21ClN6O2/c1-12-15(3-2-4-16(12)21)17-11-18(26-20(23)25-17)24-9-10-29-14-7-5-13(6-8-14)19(22)27-28/h2-8,11,28H,9-10H2,1H3,(H2,22,27)(H3,23,24,25,26). The Kier molecular flexibility index (Phi) is 6.36. The Balaban J connectivity index is 1.61. The minimum absolute atomic E-state index is 0.0466. The van der Waals surface area contributed by atoms with Crippen molar-refractivity contribution < 1.29 is 9.94 Å². The largest absolute Gasteiger partial charge is 0.492 e. The molecule has 0 radical (unpaired) electrons.